The molecule has 0 N–H and O–H groups in total. The minimum atomic E-state index is -0.422. The lowest BCUT2D eigenvalue weighted by atomic mass is 10.0. The van der Waals surface area contributed by atoms with Crippen LogP contribution < -0.4 is 14.7 Å². The molecule has 0 unspecified atom stereocenters. The number of benzene rings is 3. The Bertz CT molecular complexity index is 1220. The van der Waals surface area contributed by atoms with Crippen LogP contribution in [0.3, 0.4) is 0 Å². The van der Waals surface area contributed by atoms with Gasteiger partial charge in [0.1, 0.15) is 5.57 Å². The molecule has 0 aliphatic carbocycles. The van der Waals surface area contributed by atoms with E-state index in [2.05, 4.69) is 17.9 Å². The highest BCUT2D eigenvalue weighted by Crippen LogP contribution is 2.31. The Kier molecular flexibility index (Phi) is 5.99. The second kappa shape index (κ2) is 9.23. The summed E-state index contributed by atoms with van der Waals surface area (Å²) in [6, 6.07) is 24.5. The highest BCUT2D eigenvalue weighted by atomic mass is 32.1. The zero-order chi connectivity index (χ0) is 23.7. The Morgan fingerprint density at radius 2 is 1.29 bits per heavy atom. The number of hydrogen-bond donors (Lipinski definition) is 0. The van der Waals surface area contributed by atoms with E-state index in [4.69, 9.17) is 12.2 Å². The molecule has 0 radical (unpaired) electrons. The van der Waals surface area contributed by atoms with Crippen LogP contribution in [0.4, 0.5) is 17.1 Å². The van der Waals surface area contributed by atoms with Gasteiger partial charge in [-0.1, -0.05) is 42.5 Å². The molecule has 2 aliphatic rings. The van der Waals surface area contributed by atoms with Crippen molar-refractivity contribution < 1.29 is 9.59 Å². The average Bonchev–Trinajstić information content (AvgIpc) is 3.38. The third kappa shape index (κ3) is 4.01. The van der Waals surface area contributed by atoms with Gasteiger partial charge in [0.25, 0.3) is 11.8 Å². The van der Waals surface area contributed by atoms with Gasteiger partial charge in [-0.05, 0) is 85.6 Å². The zero-order valence-electron chi connectivity index (χ0n) is 19.0. The van der Waals surface area contributed by atoms with Crippen LogP contribution >= 0.6 is 12.2 Å². The van der Waals surface area contributed by atoms with Gasteiger partial charge in [0.05, 0.1) is 11.4 Å². The number of carbonyl (C=O) groups is 2. The van der Waals surface area contributed by atoms with Crippen LogP contribution in [-0.2, 0) is 9.59 Å². The summed E-state index contributed by atoms with van der Waals surface area (Å²) in [4.78, 5) is 32.5. The number of aryl methyl sites for hydroxylation is 1. The number of carbonyl (C=O) groups excluding carboxylic acids is 2. The van der Waals surface area contributed by atoms with Crippen LogP contribution in [0, 0.1) is 6.92 Å². The number of hydrogen-bond acceptors (Lipinski definition) is 4. The topological polar surface area (TPSA) is 43.9 Å². The van der Waals surface area contributed by atoms with E-state index in [1.54, 1.807) is 6.08 Å². The molecule has 34 heavy (non-hydrogen) atoms. The van der Waals surface area contributed by atoms with Crippen LogP contribution in [0.25, 0.3) is 6.08 Å². The quantitative estimate of drug-likeness (QED) is 0.295. The van der Waals surface area contributed by atoms with Crippen LogP contribution in [0.5, 0.6) is 0 Å². The van der Waals surface area contributed by atoms with Crippen molar-refractivity contribution in [2.45, 2.75) is 19.8 Å². The van der Waals surface area contributed by atoms with E-state index < -0.39 is 11.8 Å². The molecule has 2 amide bonds. The Morgan fingerprint density at radius 1 is 0.765 bits per heavy atom. The number of nitrogens with zero attached hydrogens (tertiary/aromatic N) is 3. The molecule has 0 aromatic heterocycles. The summed E-state index contributed by atoms with van der Waals surface area (Å²) < 4.78 is 0. The Balaban J connectivity index is 1.58. The van der Waals surface area contributed by atoms with Crippen molar-refractivity contribution in [3.05, 3.63) is 95.6 Å². The molecule has 0 saturated carbocycles. The first-order chi connectivity index (χ1) is 16.5. The van der Waals surface area contributed by atoms with E-state index >= 15 is 0 Å². The minimum absolute atomic E-state index is 0.0784. The summed E-state index contributed by atoms with van der Waals surface area (Å²) in [5.74, 6) is -0.843. The third-order valence-electron chi connectivity index (χ3n) is 6.26. The number of thiocarbonyl (C=S) groups is 1. The van der Waals surface area contributed by atoms with E-state index in [1.807, 2.05) is 72.8 Å². The number of para-hydroxylation sites is 2. The van der Waals surface area contributed by atoms with E-state index in [0.717, 1.165) is 24.2 Å². The lowest BCUT2D eigenvalue weighted by Crippen LogP contribution is -2.56. The van der Waals surface area contributed by atoms with Crippen LogP contribution in [0.1, 0.15) is 24.0 Å². The van der Waals surface area contributed by atoms with Crippen molar-refractivity contribution >= 4 is 52.3 Å². The summed E-state index contributed by atoms with van der Waals surface area (Å²) in [6.45, 7) is 4.20. The first-order valence-electron chi connectivity index (χ1n) is 11.4. The van der Waals surface area contributed by atoms with Crippen molar-refractivity contribution in [1.29, 1.82) is 0 Å². The number of amides is 2. The first kappa shape index (κ1) is 22.0. The highest BCUT2D eigenvalue weighted by Gasteiger charge is 2.41. The lowest BCUT2D eigenvalue weighted by molar-refractivity contribution is -0.120. The van der Waals surface area contributed by atoms with Gasteiger partial charge in [0.15, 0.2) is 5.11 Å². The van der Waals surface area contributed by atoms with Crippen molar-refractivity contribution in [2.75, 3.05) is 27.8 Å². The Labute approximate surface area is 204 Å². The lowest BCUT2D eigenvalue weighted by Gasteiger charge is -2.36. The van der Waals surface area contributed by atoms with Crippen LogP contribution in [0.2, 0.25) is 0 Å². The normalized spacial score (nSPS) is 16.4. The van der Waals surface area contributed by atoms with Crippen LogP contribution in [-0.4, -0.2) is 30.0 Å². The Hall–Kier alpha value is -3.77. The monoisotopic (exact) mass is 467 g/mol. The zero-order valence-corrected chi connectivity index (χ0v) is 19.8. The van der Waals surface area contributed by atoms with E-state index in [-0.39, 0.29) is 10.7 Å². The van der Waals surface area contributed by atoms with Crippen molar-refractivity contribution in [1.82, 2.24) is 0 Å². The fourth-order valence-corrected chi connectivity index (χ4v) is 4.96. The van der Waals surface area contributed by atoms with Crippen molar-refractivity contribution in [2.24, 2.45) is 0 Å². The van der Waals surface area contributed by atoms with Gasteiger partial charge in [-0.3, -0.25) is 19.4 Å². The standard InChI is InChI=1S/C28H25N3O2S/c1-20-18-21(14-15-25(20)29-16-8-9-17-29)19-24-26(32)30(22-10-4-2-5-11-22)28(34)31(27(24)33)23-12-6-3-7-13-23/h2-7,10-15,18-19H,8-9,16-17H2,1H3. The summed E-state index contributed by atoms with van der Waals surface area (Å²) in [7, 11) is 0. The minimum Gasteiger partial charge on any atom is -0.371 e. The SMILES string of the molecule is Cc1cc(C=C2C(=O)N(c3ccccc3)C(=S)N(c3ccccc3)C2=O)ccc1N1CCCC1. The van der Waals surface area contributed by atoms with Gasteiger partial charge in [-0.25, -0.2) is 0 Å². The number of anilines is 3. The maximum absolute atomic E-state index is 13.6. The first-order valence-corrected chi connectivity index (χ1v) is 11.9. The number of rotatable bonds is 4. The van der Waals surface area contributed by atoms with Gasteiger partial charge in [-0.15, -0.1) is 0 Å². The fraction of sp³-hybridized carbons (Fsp3) is 0.179. The van der Waals surface area contributed by atoms with E-state index in [9.17, 15) is 9.59 Å². The van der Waals surface area contributed by atoms with E-state index in [0.29, 0.717) is 11.4 Å². The molecule has 2 saturated heterocycles. The second-order valence-corrected chi connectivity index (χ2v) is 8.90. The maximum Gasteiger partial charge on any atom is 0.270 e. The van der Waals surface area contributed by atoms with Gasteiger partial charge in [0, 0.05) is 18.8 Å². The molecule has 0 spiro atoms. The molecule has 0 atom stereocenters. The third-order valence-corrected chi connectivity index (χ3v) is 6.62. The van der Waals surface area contributed by atoms with Crippen molar-refractivity contribution in [3.8, 4) is 0 Å². The predicted octanol–water partition coefficient (Wildman–Crippen LogP) is 5.34. The fourth-order valence-electron chi connectivity index (χ4n) is 4.59. The predicted molar refractivity (Wildman–Crippen MR) is 141 cm³/mol. The molecule has 2 heterocycles. The van der Waals surface area contributed by atoms with Gasteiger partial charge in [-0.2, -0.15) is 0 Å². The molecular formula is C28H25N3O2S. The molecule has 2 aliphatic heterocycles. The summed E-state index contributed by atoms with van der Waals surface area (Å²) in [6.07, 6.45) is 4.09. The molecule has 3 aromatic rings. The second-order valence-electron chi connectivity index (χ2n) is 8.53. The molecule has 170 valence electrons. The highest BCUT2D eigenvalue weighted by molar-refractivity contribution is 7.81. The van der Waals surface area contributed by atoms with Crippen LogP contribution in [0.15, 0.2) is 84.4 Å². The largest absolute Gasteiger partial charge is 0.371 e. The molecule has 3 aromatic carbocycles. The van der Waals surface area contributed by atoms with Gasteiger partial charge >= 0.3 is 0 Å². The average molecular weight is 468 g/mol. The summed E-state index contributed by atoms with van der Waals surface area (Å²) >= 11 is 5.66. The molecule has 2 fully saturated rings. The molecule has 6 heteroatoms. The molecular weight excluding hydrogens is 442 g/mol. The van der Waals surface area contributed by atoms with Gasteiger partial charge in [0.2, 0.25) is 0 Å². The summed E-state index contributed by atoms with van der Waals surface area (Å²) in [5, 5.41) is 0.144. The Morgan fingerprint density at radius 3 is 1.79 bits per heavy atom. The summed E-state index contributed by atoms with van der Waals surface area (Å²) in [5.41, 5.74) is 4.47. The molecule has 5 rings (SSSR count). The maximum atomic E-state index is 13.6. The van der Waals surface area contributed by atoms with Crippen molar-refractivity contribution in [3.63, 3.8) is 0 Å². The molecule has 0 bridgehead atoms. The van der Waals surface area contributed by atoms with E-state index in [1.165, 1.54) is 28.3 Å². The molecule has 5 nitrogen and oxygen atoms in total. The van der Waals surface area contributed by atoms with Gasteiger partial charge < -0.3 is 4.90 Å². The smallest absolute Gasteiger partial charge is 0.270 e.